The molecule has 8 heteroatoms. The highest BCUT2D eigenvalue weighted by Gasteiger charge is 2.18. The zero-order valence-corrected chi connectivity index (χ0v) is 15.2. The number of carbonyl (C=O) groups excluding carboxylic acids is 2. The molecule has 3 rings (SSSR count). The van der Waals surface area contributed by atoms with Crippen LogP contribution in [-0.2, 0) is 9.59 Å². The van der Waals surface area contributed by atoms with Gasteiger partial charge in [0.1, 0.15) is 0 Å². The van der Waals surface area contributed by atoms with Crippen molar-refractivity contribution in [1.82, 2.24) is 19.8 Å². The molecule has 1 N–H and O–H groups in total. The number of carbonyl (C=O) groups is 2. The van der Waals surface area contributed by atoms with Crippen LogP contribution in [0.5, 0.6) is 0 Å². The maximum atomic E-state index is 12.0. The summed E-state index contributed by atoms with van der Waals surface area (Å²) in [5.74, 6) is -0.000301. The van der Waals surface area contributed by atoms with Gasteiger partial charge in [-0.2, -0.15) is 0 Å². The fraction of sp³-hybridized carbons (Fsp3) is 0.353. The SMILES string of the molecule is O=C(CSc1nccn1-c1cccc(Cl)c1)NCC(=O)N1CCCC1. The van der Waals surface area contributed by atoms with Crippen LogP contribution < -0.4 is 5.32 Å². The lowest BCUT2D eigenvalue weighted by atomic mass is 10.3. The Hall–Kier alpha value is -1.99. The predicted molar refractivity (Wildman–Crippen MR) is 98.1 cm³/mol. The minimum absolute atomic E-state index is 0.0173. The molecule has 25 heavy (non-hydrogen) atoms. The number of amides is 2. The molecular formula is C17H19ClN4O2S. The highest BCUT2D eigenvalue weighted by molar-refractivity contribution is 7.99. The Balaban J connectivity index is 1.51. The molecule has 0 radical (unpaired) electrons. The van der Waals surface area contributed by atoms with Crippen LogP contribution in [0.2, 0.25) is 5.02 Å². The fourth-order valence-electron chi connectivity index (χ4n) is 2.65. The number of likely N-dealkylation sites (tertiary alicyclic amines) is 1. The first-order valence-corrected chi connectivity index (χ1v) is 9.46. The third kappa shape index (κ3) is 4.76. The van der Waals surface area contributed by atoms with Crippen LogP contribution in [0.25, 0.3) is 5.69 Å². The Morgan fingerprint density at radius 3 is 2.84 bits per heavy atom. The number of hydrogen-bond donors (Lipinski definition) is 1. The van der Waals surface area contributed by atoms with Gasteiger partial charge in [0, 0.05) is 36.2 Å². The highest BCUT2D eigenvalue weighted by atomic mass is 35.5. The monoisotopic (exact) mass is 378 g/mol. The average Bonchev–Trinajstić information content (AvgIpc) is 3.29. The smallest absolute Gasteiger partial charge is 0.241 e. The lowest BCUT2D eigenvalue weighted by molar-refractivity contribution is -0.131. The number of imidazole rings is 1. The van der Waals surface area contributed by atoms with Crippen molar-refractivity contribution < 1.29 is 9.59 Å². The normalized spacial score (nSPS) is 13.9. The minimum atomic E-state index is -0.182. The van der Waals surface area contributed by atoms with Gasteiger partial charge in [-0.1, -0.05) is 29.4 Å². The Bertz CT molecular complexity index is 759. The van der Waals surface area contributed by atoms with Gasteiger partial charge >= 0.3 is 0 Å². The number of halogens is 1. The maximum absolute atomic E-state index is 12.0. The molecule has 0 spiro atoms. The number of rotatable bonds is 6. The van der Waals surface area contributed by atoms with Gasteiger partial charge in [-0.25, -0.2) is 4.98 Å². The van der Waals surface area contributed by atoms with Gasteiger partial charge in [0.25, 0.3) is 0 Å². The number of nitrogens with one attached hydrogen (secondary N) is 1. The van der Waals surface area contributed by atoms with Gasteiger partial charge in [-0.05, 0) is 31.0 Å². The van der Waals surface area contributed by atoms with Gasteiger partial charge in [0.2, 0.25) is 11.8 Å². The largest absolute Gasteiger partial charge is 0.346 e. The van der Waals surface area contributed by atoms with Crippen molar-refractivity contribution in [3.8, 4) is 5.69 Å². The zero-order valence-electron chi connectivity index (χ0n) is 13.7. The lowest BCUT2D eigenvalue weighted by Gasteiger charge is -2.15. The van der Waals surface area contributed by atoms with E-state index in [1.807, 2.05) is 29.0 Å². The van der Waals surface area contributed by atoms with E-state index < -0.39 is 0 Å². The Morgan fingerprint density at radius 1 is 1.28 bits per heavy atom. The molecule has 1 aliphatic rings. The Kier molecular flexibility index (Phi) is 5.99. The summed E-state index contributed by atoms with van der Waals surface area (Å²) in [5, 5.41) is 4.02. The molecular weight excluding hydrogens is 360 g/mol. The molecule has 2 amide bonds. The molecule has 0 saturated carbocycles. The van der Waals surface area contributed by atoms with E-state index in [1.54, 1.807) is 17.2 Å². The van der Waals surface area contributed by atoms with E-state index in [1.165, 1.54) is 11.8 Å². The second-order valence-electron chi connectivity index (χ2n) is 5.71. The maximum Gasteiger partial charge on any atom is 0.241 e. The van der Waals surface area contributed by atoms with Crippen LogP contribution in [0.3, 0.4) is 0 Å². The van der Waals surface area contributed by atoms with Crippen LogP contribution in [0.4, 0.5) is 0 Å². The molecule has 1 saturated heterocycles. The first-order chi connectivity index (χ1) is 12.1. The lowest BCUT2D eigenvalue weighted by Crippen LogP contribution is -2.39. The minimum Gasteiger partial charge on any atom is -0.346 e. The number of hydrogen-bond acceptors (Lipinski definition) is 4. The van der Waals surface area contributed by atoms with Crippen LogP contribution in [0.15, 0.2) is 41.8 Å². The van der Waals surface area contributed by atoms with E-state index in [4.69, 9.17) is 11.6 Å². The summed E-state index contributed by atoms with van der Waals surface area (Å²) in [6.07, 6.45) is 5.59. The first-order valence-electron chi connectivity index (χ1n) is 8.10. The molecule has 1 aromatic carbocycles. The molecule has 132 valence electrons. The van der Waals surface area contributed by atoms with Gasteiger partial charge in [0.15, 0.2) is 5.16 Å². The van der Waals surface area contributed by atoms with Gasteiger partial charge in [0.05, 0.1) is 12.3 Å². The quantitative estimate of drug-likeness (QED) is 0.783. The van der Waals surface area contributed by atoms with Crippen molar-refractivity contribution in [2.45, 2.75) is 18.0 Å². The number of nitrogens with zero attached hydrogens (tertiary/aromatic N) is 3. The van der Waals surface area contributed by atoms with Crippen molar-refractivity contribution >= 4 is 35.2 Å². The van der Waals surface area contributed by atoms with Gasteiger partial charge in [-0.3, -0.25) is 14.2 Å². The summed E-state index contributed by atoms with van der Waals surface area (Å²) in [5.41, 5.74) is 0.886. The van der Waals surface area contributed by atoms with Crippen LogP contribution >= 0.6 is 23.4 Å². The van der Waals surface area contributed by atoms with E-state index in [0.717, 1.165) is 31.6 Å². The molecule has 2 aromatic rings. The third-order valence-electron chi connectivity index (χ3n) is 3.92. The zero-order chi connectivity index (χ0) is 17.6. The molecule has 1 aromatic heterocycles. The Labute approximate surface area is 155 Å². The molecule has 0 bridgehead atoms. The highest BCUT2D eigenvalue weighted by Crippen LogP contribution is 2.22. The molecule has 0 aliphatic carbocycles. The number of aromatic nitrogens is 2. The molecule has 1 aliphatic heterocycles. The Morgan fingerprint density at radius 2 is 2.08 bits per heavy atom. The molecule has 2 heterocycles. The van der Waals surface area contributed by atoms with Gasteiger partial charge in [-0.15, -0.1) is 0 Å². The van der Waals surface area contributed by atoms with Crippen LogP contribution in [0.1, 0.15) is 12.8 Å². The van der Waals surface area contributed by atoms with E-state index >= 15 is 0 Å². The number of thioether (sulfide) groups is 1. The topological polar surface area (TPSA) is 67.2 Å². The summed E-state index contributed by atoms with van der Waals surface area (Å²) in [6.45, 7) is 1.64. The third-order valence-corrected chi connectivity index (χ3v) is 5.12. The molecule has 1 fully saturated rings. The molecule has 0 atom stereocenters. The van der Waals surface area contributed by atoms with E-state index in [2.05, 4.69) is 10.3 Å². The van der Waals surface area contributed by atoms with Crippen molar-refractivity contribution in [2.24, 2.45) is 0 Å². The first kappa shape index (κ1) is 17.8. The summed E-state index contributed by atoms with van der Waals surface area (Å²) in [7, 11) is 0. The molecule has 0 unspecified atom stereocenters. The van der Waals surface area contributed by atoms with Crippen molar-refractivity contribution in [1.29, 1.82) is 0 Å². The predicted octanol–water partition coefficient (Wildman–Crippen LogP) is 2.36. The second-order valence-corrected chi connectivity index (χ2v) is 7.09. The fourth-order valence-corrected chi connectivity index (χ4v) is 3.64. The average molecular weight is 379 g/mol. The summed E-state index contributed by atoms with van der Waals surface area (Å²) < 4.78 is 1.87. The van der Waals surface area contributed by atoms with Crippen molar-refractivity contribution in [3.05, 3.63) is 41.7 Å². The summed E-state index contributed by atoms with van der Waals surface area (Å²) >= 11 is 7.34. The number of benzene rings is 1. The van der Waals surface area contributed by atoms with E-state index in [9.17, 15) is 9.59 Å². The standard InChI is InChI=1S/C17H19ClN4O2S/c18-13-4-3-5-14(10-13)22-9-6-19-17(22)25-12-15(23)20-11-16(24)21-7-1-2-8-21/h3-6,9-10H,1-2,7-8,11-12H2,(H,20,23). The van der Waals surface area contributed by atoms with E-state index in [0.29, 0.717) is 10.2 Å². The summed E-state index contributed by atoms with van der Waals surface area (Å²) in [6, 6.07) is 7.43. The molecule has 6 nitrogen and oxygen atoms in total. The summed E-state index contributed by atoms with van der Waals surface area (Å²) in [4.78, 5) is 30.0. The van der Waals surface area contributed by atoms with Crippen LogP contribution in [0, 0.1) is 0 Å². The van der Waals surface area contributed by atoms with Crippen molar-refractivity contribution in [2.75, 3.05) is 25.4 Å². The second kappa shape index (κ2) is 8.40. The van der Waals surface area contributed by atoms with Crippen molar-refractivity contribution in [3.63, 3.8) is 0 Å². The van der Waals surface area contributed by atoms with E-state index in [-0.39, 0.29) is 24.1 Å². The van der Waals surface area contributed by atoms with Gasteiger partial charge < -0.3 is 10.2 Å². The van der Waals surface area contributed by atoms with Crippen LogP contribution in [-0.4, -0.2) is 51.7 Å².